The number of rotatable bonds is 4. The van der Waals surface area contributed by atoms with E-state index >= 15 is 0 Å². The van der Waals surface area contributed by atoms with Crippen LogP contribution in [0, 0.1) is 11.3 Å². The number of hydrogen-bond acceptors (Lipinski definition) is 2. The number of nitrogens with one attached hydrogen (secondary N) is 1. The molecule has 0 spiro atoms. The number of ether oxygens (including phenoxy) is 1. The van der Waals surface area contributed by atoms with Crippen LogP contribution >= 0.6 is 0 Å². The Balaban J connectivity index is 1.81. The van der Waals surface area contributed by atoms with Gasteiger partial charge in [0.1, 0.15) is 0 Å². The summed E-state index contributed by atoms with van der Waals surface area (Å²) < 4.78 is 5.84. The first kappa shape index (κ1) is 12.9. The van der Waals surface area contributed by atoms with Crippen LogP contribution in [0.5, 0.6) is 0 Å². The van der Waals surface area contributed by atoms with Crippen molar-refractivity contribution < 1.29 is 4.74 Å². The zero-order valence-electron chi connectivity index (χ0n) is 11.1. The van der Waals surface area contributed by atoms with Gasteiger partial charge in [-0.05, 0) is 32.1 Å². The van der Waals surface area contributed by atoms with Crippen molar-refractivity contribution in [1.82, 2.24) is 4.90 Å². The third kappa shape index (κ3) is 3.44. The minimum atomic E-state index is 0.366. The van der Waals surface area contributed by atoms with Gasteiger partial charge in [0.15, 0.2) is 0 Å². The van der Waals surface area contributed by atoms with Gasteiger partial charge in [0, 0.05) is 25.6 Å². The molecule has 3 nitrogen and oxygen atoms in total. The Morgan fingerprint density at radius 3 is 2.71 bits per heavy atom. The molecule has 1 N–H and O–H groups in total. The molecule has 1 aliphatic carbocycles. The Kier molecular flexibility index (Phi) is 4.84. The van der Waals surface area contributed by atoms with Crippen LogP contribution in [0.3, 0.4) is 0 Å². The van der Waals surface area contributed by atoms with Crippen LogP contribution < -0.4 is 0 Å². The average Bonchev–Trinajstić information content (AvgIpc) is 2.89. The van der Waals surface area contributed by atoms with Crippen molar-refractivity contribution in [2.45, 2.75) is 58.0 Å². The zero-order valence-corrected chi connectivity index (χ0v) is 11.1. The molecular weight excluding hydrogens is 212 g/mol. The fraction of sp³-hybridized carbons (Fsp3) is 0.929. The molecule has 0 aromatic rings. The summed E-state index contributed by atoms with van der Waals surface area (Å²) in [5.74, 6) is 1.44. The predicted octanol–water partition coefficient (Wildman–Crippen LogP) is 3.04. The Hall–Kier alpha value is -0.570. The lowest BCUT2D eigenvalue weighted by molar-refractivity contribution is 0.0153. The summed E-state index contributed by atoms with van der Waals surface area (Å²) in [5, 5.41) is 8.32. The third-order valence-corrected chi connectivity index (χ3v) is 4.02. The SMILES string of the molecule is CCCOC1CCCN(C(=N)C2CCCC2)C1. The number of amidine groups is 1. The van der Waals surface area contributed by atoms with E-state index in [4.69, 9.17) is 10.1 Å². The Labute approximate surface area is 105 Å². The van der Waals surface area contributed by atoms with Crippen LogP contribution in [0.25, 0.3) is 0 Å². The van der Waals surface area contributed by atoms with Gasteiger partial charge >= 0.3 is 0 Å². The van der Waals surface area contributed by atoms with Gasteiger partial charge in [0.2, 0.25) is 0 Å². The van der Waals surface area contributed by atoms with Gasteiger partial charge in [0.05, 0.1) is 11.9 Å². The van der Waals surface area contributed by atoms with E-state index in [0.717, 1.165) is 32.0 Å². The molecule has 0 aromatic carbocycles. The van der Waals surface area contributed by atoms with Crippen LogP contribution in [0.1, 0.15) is 51.9 Å². The first-order chi connectivity index (χ1) is 8.31. The molecule has 1 unspecified atom stereocenters. The smallest absolute Gasteiger partial charge is 0.0990 e. The van der Waals surface area contributed by atoms with Crippen LogP contribution in [0.2, 0.25) is 0 Å². The summed E-state index contributed by atoms with van der Waals surface area (Å²) in [5.41, 5.74) is 0. The van der Waals surface area contributed by atoms with Crippen molar-refractivity contribution in [1.29, 1.82) is 5.41 Å². The van der Waals surface area contributed by atoms with E-state index < -0.39 is 0 Å². The zero-order chi connectivity index (χ0) is 12.1. The van der Waals surface area contributed by atoms with Gasteiger partial charge in [-0.15, -0.1) is 0 Å². The van der Waals surface area contributed by atoms with E-state index in [9.17, 15) is 0 Å². The van der Waals surface area contributed by atoms with Gasteiger partial charge < -0.3 is 9.64 Å². The van der Waals surface area contributed by atoms with Gasteiger partial charge in [-0.2, -0.15) is 0 Å². The summed E-state index contributed by atoms with van der Waals surface area (Å²) in [4.78, 5) is 2.28. The van der Waals surface area contributed by atoms with Crippen LogP contribution in [0.4, 0.5) is 0 Å². The molecule has 1 saturated carbocycles. The lowest BCUT2D eigenvalue weighted by Crippen LogP contribution is -2.45. The molecule has 98 valence electrons. The molecule has 1 atom stereocenters. The van der Waals surface area contributed by atoms with Gasteiger partial charge in [-0.1, -0.05) is 19.8 Å². The first-order valence-corrected chi connectivity index (χ1v) is 7.26. The van der Waals surface area contributed by atoms with Crippen molar-refractivity contribution in [2.24, 2.45) is 5.92 Å². The fourth-order valence-electron chi connectivity index (χ4n) is 3.04. The molecule has 0 amide bonds. The van der Waals surface area contributed by atoms with Crippen molar-refractivity contribution in [2.75, 3.05) is 19.7 Å². The monoisotopic (exact) mass is 238 g/mol. The highest BCUT2D eigenvalue weighted by Crippen LogP contribution is 2.28. The van der Waals surface area contributed by atoms with Gasteiger partial charge in [-0.25, -0.2) is 0 Å². The molecular formula is C14H26N2O. The van der Waals surface area contributed by atoms with E-state index in [1.807, 2.05) is 0 Å². The summed E-state index contributed by atoms with van der Waals surface area (Å²) in [6.07, 6.45) is 8.92. The highest BCUT2D eigenvalue weighted by Gasteiger charge is 2.28. The molecule has 1 saturated heterocycles. The molecule has 1 heterocycles. The van der Waals surface area contributed by atoms with Crippen LogP contribution in [-0.2, 0) is 4.74 Å². The third-order valence-electron chi connectivity index (χ3n) is 4.02. The molecule has 0 bridgehead atoms. The highest BCUT2D eigenvalue weighted by atomic mass is 16.5. The Morgan fingerprint density at radius 2 is 2.00 bits per heavy atom. The van der Waals surface area contributed by atoms with Crippen molar-refractivity contribution >= 4 is 5.84 Å². The lowest BCUT2D eigenvalue weighted by atomic mass is 10.0. The molecule has 2 aliphatic rings. The van der Waals surface area contributed by atoms with Crippen molar-refractivity contribution in [3.8, 4) is 0 Å². The van der Waals surface area contributed by atoms with E-state index in [-0.39, 0.29) is 0 Å². The maximum atomic E-state index is 8.32. The summed E-state index contributed by atoms with van der Waals surface area (Å²) in [6, 6.07) is 0. The summed E-state index contributed by atoms with van der Waals surface area (Å²) in [7, 11) is 0. The second-order valence-corrected chi connectivity index (χ2v) is 5.45. The average molecular weight is 238 g/mol. The fourth-order valence-corrected chi connectivity index (χ4v) is 3.04. The molecule has 2 fully saturated rings. The first-order valence-electron chi connectivity index (χ1n) is 7.26. The minimum Gasteiger partial charge on any atom is -0.376 e. The Bertz CT molecular complexity index is 249. The summed E-state index contributed by atoms with van der Waals surface area (Å²) >= 11 is 0. The predicted molar refractivity (Wildman–Crippen MR) is 70.5 cm³/mol. The van der Waals surface area contributed by atoms with Gasteiger partial charge in [0.25, 0.3) is 0 Å². The largest absolute Gasteiger partial charge is 0.376 e. The van der Waals surface area contributed by atoms with Gasteiger partial charge in [-0.3, -0.25) is 5.41 Å². The maximum Gasteiger partial charge on any atom is 0.0990 e. The van der Waals surface area contributed by atoms with E-state index in [1.54, 1.807) is 0 Å². The van der Waals surface area contributed by atoms with Crippen molar-refractivity contribution in [3.05, 3.63) is 0 Å². The number of piperidine rings is 1. The maximum absolute atomic E-state index is 8.32. The van der Waals surface area contributed by atoms with E-state index in [1.165, 1.54) is 38.5 Å². The quantitative estimate of drug-likeness (QED) is 0.603. The molecule has 3 heteroatoms. The van der Waals surface area contributed by atoms with Crippen molar-refractivity contribution in [3.63, 3.8) is 0 Å². The van der Waals surface area contributed by atoms with Crippen LogP contribution in [0.15, 0.2) is 0 Å². The molecule has 0 radical (unpaired) electrons. The summed E-state index contributed by atoms with van der Waals surface area (Å²) in [6.45, 7) is 5.05. The second kappa shape index (κ2) is 6.39. The molecule has 2 rings (SSSR count). The van der Waals surface area contributed by atoms with E-state index in [2.05, 4.69) is 11.8 Å². The topological polar surface area (TPSA) is 36.3 Å². The number of hydrogen-bond donors (Lipinski definition) is 1. The lowest BCUT2D eigenvalue weighted by Gasteiger charge is -2.36. The molecule has 17 heavy (non-hydrogen) atoms. The molecule has 0 aromatic heterocycles. The second-order valence-electron chi connectivity index (χ2n) is 5.45. The normalized spacial score (nSPS) is 26.4. The number of nitrogens with zero attached hydrogens (tertiary/aromatic N) is 1. The van der Waals surface area contributed by atoms with E-state index in [0.29, 0.717) is 12.0 Å². The van der Waals surface area contributed by atoms with Crippen LogP contribution in [-0.4, -0.2) is 36.5 Å². The molecule has 1 aliphatic heterocycles. The standard InChI is InChI=1S/C14H26N2O/c1-2-10-17-13-8-5-9-16(11-13)14(15)12-6-3-4-7-12/h12-13,15H,2-11H2,1H3. The Morgan fingerprint density at radius 1 is 1.24 bits per heavy atom. The number of likely N-dealkylation sites (tertiary alicyclic amines) is 1. The highest BCUT2D eigenvalue weighted by molar-refractivity contribution is 5.82. The minimum absolute atomic E-state index is 0.366.